The zero-order valence-electron chi connectivity index (χ0n) is 14.8. The molecule has 0 aliphatic heterocycles. The van der Waals surface area contributed by atoms with Crippen molar-refractivity contribution in [3.8, 4) is 5.69 Å². The fourth-order valence-electron chi connectivity index (χ4n) is 2.73. The predicted octanol–water partition coefficient (Wildman–Crippen LogP) is 2.71. The monoisotopic (exact) mass is 381 g/mol. The summed E-state index contributed by atoms with van der Waals surface area (Å²) in [5.74, 6) is -0.236. The first kappa shape index (κ1) is 17.4. The summed E-state index contributed by atoms with van der Waals surface area (Å²) in [5, 5.41) is 15.9. The molecule has 0 radical (unpaired) electrons. The summed E-state index contributed by atoms with van der Waals surface area (Å²) in [7, 11) is 0. The number of hydrogen-bond donors (Lipinski definition) is 2. The van der Waals surface area contributed by atoms with Crippen molar-refractivity contribution >= 4 is 28.8 Å². The lowest BCUT2D eigenvalue weighted by Crippen LogP contribution is -2.26. The van der Waals surface area contributed by atoms with Gasteiger partial charge in [-0.15, -0.1) is 16.4 Å². The molecule has 138 valence electrons. The van der Waals surface area contributed by atoms with Crippen LogP contribution in [0.5, 0.6) is 0 Å². The maximum Gasteiger partial charge on any atom is 0.273 e. The lowest BCUT2D eigenvalue weighted by atomic mass is 10.2. The third-order valence-electron chi connectivity index (χ3n) is 4.33. The highest BCUT2D eigenvalue weighted by Crippen LogP contribution is 2.20. The van der Waals surface area contributed by atoms with E-state index in [1.165, 1.54) is 0 Å². The Morgan fingerprint density at radius 2 is 2.00 bits per heavy atom. The summed E-state index contributed by atoms with van der Waals surface area (Å²) in [6.07, 6.45) is 2.41. The molecule has 4 rings (SSSR count). The van der Waals surface area contributed by atoms with Gasteiger partial charge in [-0.25, -0.2) is 4.68 Å². The molecule has 1 aliphatic carbocycles. The number of carbonyl (C=O) groups excluding carboxylic acids is 2. The van der Waals surface area contributed by atoms with Gasteiger partial charge in [-0.3, -0.25) is 9.59 Å². The van der Waals surface area contributed by atoms with Crippen LogP contribution in [0.2, 0.25) is 0 Å². The normalized spacial score (nSPS) is 13.4. The molecule has 1 aromatic carbocycles. The number of aromatic nitrogens is 3. The number of benzene rings is 1. The zero-order valence-corrected chi connectivity index (χ0v) is 15.6. The van der Waals surface area contributed by atoms with Crippen LogP contribution in [0.1, 0.15) is 33.9 Å². The molecule has 7 nitrogen and oxygen atoms in total. The summed E-state index contributed by atoms with van der Waals surface area (Å²) >= 11 is 1.56. The number of nitrogens with zero attached hydrogens (tertiary/aromatic N) is 3. The van der Waals surface area contributed by atoms with Gasteiger partial charge in [-0.05, 0) is 55.5 Å². The summed E-state index contributed by atoms with van der Waals surface area (Å²) in [4.78, 5) is 25.3. The molecule has 0 unspecified atom stereocenters. The highest BCUT2D eigenvalue weighted by Gasteiger charge is 2.26. The van der Waals surface area contributed by atoms with Crippen LogP contribution < -0.4 is 10.6 Å². The van der Waals surface area contributed by atoms with Crippen LogP contribution in [0, 0.1) is 6.92 Å². The van der Waals surface area contributed by atoms with Crippen molar-refractivity contribution in [2.75, 3.05) is 5.32 Å². The summed E-state index contributed by atoms with van der Waals surface area (Å²) in [6.45, 7) is 1.82. The summed E-state index contributed by atoms with van der Waals surface area (Å²) in [6, 6.07) is 11.5. The number of carbonyl (C=O) groups is 2. The van der Waals surface area contributed by atoms with Gasteiger partial charge in [0.05, 0.1) is 17.8 Å². The summed E-state index contributed by atoms with van der Waals surface area (Å²) < 4.78 is 1.62. The molecule has 0 atom stereocenters. The smallest absolute Gasteiger partial charge is 0.273 e. The van der Waals surface area contributed by atoms with E-state index in [0.29, 0.717) is 23.5 Å². The quantitative estimate of drug-likeness (QED) is 0.687. The van der Waals surface area contributed by atoms with Crippen LogP contribution in [0.3, 0.4) is 0 Å². The molecule has 2 N–H and O–H groups in total. The fourth-order valence-corrected chi connectivity index (χ4v) is 3.43. The third-order valence-corrected chi connectivity index (χ3v) is 5.21. The molecule has 8 heteroatoms. The molecular formula is C19H19N5O2S. The van der Waals surface area contributed by atoms with E-state index in [1.54, 1.807) is 16.0 Å². The molecule has 2 heterocycles. The van der Waals surface area contributed by atoms with E-state index in [4.69, 9.17) is 0 Å². The van der Waals surface area contributed by atoms with Crippen molar-refractivity contribution in [1.29, 1.82) is 0 Å². The topological polar surface area (TPSA) is 88.9 Å². The van der Waals surface area contributed by atoms with Crippen molar-refractivity contribution in [2.24, 2.45) is 0 Å². The molecule has 27 heavy (non-hydrogen) atoms. The first-order valence-electron chi connectivity index (χ1n) is 8.76. The molecule has 1 saturated carbocycles. The Bertz CT molecular complexity index is 959. The Balaban J connectivity index is 1.43. The van der Waals surface area contributed by atoms with Crippen molar-refractivity contribution in [1.82, 2.24) is 20.3 Å². The van der Waals surface area contributed by atoms with Crippen molar-refractivity contribution in [3.05, 3.63) is 58.0 Å². The van der Waals surface area contributed by atoms with Crippen molar-refractivity contribution in [2.45, 2.75) is 32.2 Å². The van der Waals surface area contributed by atoms with Gasteiger partial charge < -0.3 is 10.6 Å². The van der Waals surface area contributed by atoms with Gasteiger partial charge in [0.1, 0.15) is 0 Å². The SMILES string of the molecule is Cc1c(C(=O)NC2CC2)nnn1-c1ccc(NC(=O)Cc2cccs2)cc1. The molecule has 0 saturated heterocycles. The number of anilines is 1. The van der Waals surface area contributed by atoms with Crippen LogP contribution in [-0.2, 0) is 11.2 Å². The lowest BCUT2D eigenvalue weighted by Gasteiger charge is -2.07. The Morgan fingerprint density at radius 3 is 2.67 bits per heavy atom. The van der Waals surface area contributed by atoms with Gasteiger partial charge in [0.2, 0.25) is 5.91 Å². The minimum absolute atomic E-state index is 0.0545. The van der Waals surface area contributed by atoms with Crippen LogP contribution >= 0.6 is 11.3 Å². The van der Waals surface area contributed by atoms with Crippen LogP contribution in [0.4, 0.5) is 5.69 Å². The number of thiophene rings is 1. The Morgan fingerprint density at radius 1 is 1.22 bits per heavy atom. The first-order valence-corrected chi connectivity index (χ1v) is 9.64. The fraction of sp³-hybridized carbons (Fsp3) is 0.263. The van der Waals surface area contributed by atoms with Gasteiger partial charge in [-0.1, -0.05) is 11.3 Å². The van der Waals surface area contributed by atoms with E-state index in [0.717, 1.165) is 23.4 Å². The predicted molar refractivity (Wildman–Crippen MR) is 103 cm³/mol. The highest BCUT2D eigenvalue weighted by atomic mass is 32.1. The maximum absolute atomic E-state index is 12.2. The van der Waals surface area contributed by atoms with Crippen LogP contribution in [-0.4, -0.2) is 32.9 Å². The van der Waals surface area contributed by atoms with Gasteiger partial charge in [-0.2, -0.15) is 0 Å². The maximum atomic E-state index is 12.2. The number of hydrogen-bond acceptors (Lipinski definition) is 5. The second-order valence-corrected chi connectivity index (χ2v) is 7.57. The lowest BCUT2D eigenvalue weighted by molar-refractivity contribution is -0.115. The van der Waals surface area contributed by atoms with Gasteiger partial charge in [0.15, 0.2) is 5.69 Å². The molecule has 0 bridgehead atoms. The van der Waals surface area contributed by atoms with Gasteiger partial charge in [0.25, 0.3) is 5.91 Å². The van der Waals surface area contributed by atoms with Crippen LogP contribution in [0.25, 0.3) is 5.69 Å². The highest BCUT2D eigenvalue weighted by molar-refractivity contribution is 7.10. The molecule has 3 aromatic rings. The molecule has 2 amide bonds. The van der Waals surface area contributed by atoms with Crippen LogP contribution in [0.15, 0.2) is 41.8 Å². The molecular weight excluding hydrogens is 362 g/mol. The minimum Gasteiger partial charge on any atom is -0.348 e. The van der Waals surface area contributed by atoms with E-state index in [9.17, 15) is 9.59 Å². The Hall–Kier alpha value is -3.00. The average molecular weight is 381 g/mol. The molecule has 0 spiro atoms. The molecule has 2 aromatic heterocycles. The van der Waals surface area contributed by atoms with E-state index in [-0.39, 0.29) is 17.9 Å². The first-order chi connectivity index (χ1) is 13.1. The minimum atomic E-state index is -0.182. The van der Waals surface area contributed by atoms with E-state index in [1.807, 2.05) is 48.7 Å². The zero-order chi connectivity index (χ0) is 18.8. The molecule has 1 aliphatic rings. The van der Waals surface area contributed by atoms with Gasteiger partial charge >= 0.3 is 0 Å². The standard InChI is InChI=1S/C19H19N5O2S/c1-12-18(19(26)21-14-4-5-14)22-23-24(12)15-8-6-13(7-9-15)20-17(25)11-16-3-2-10-27-16/h2-3,6-10,14H,4-5,11H2,1H3,(H,20,25)(H,21,26). The number of nitrogens with one attached hydrogen (secondary N) is 2. The third kappa shape index (κ3) is 4.06. The van der Waals surface area contributed by atoms with E-state index < -0.39 is 0 Å². The van der Waals surface area contributed by atoms with E-state index in [2.05, 4.69) is 20.9 Å². The second kappa shape index (κ2) is 7.32. The van der Waals surface area contributed by atoms with Crippen molar-refractivity contribution < 1.29 is 9.59 Å². The van der Waals surface area contributed by atoms with E-state index >= 15 is 0 Å². The Labute approximate surface area is 160 Å². The number of rotatable bonds is 6. The van der Waals surface area contributed by atoms with Crippen molar-refractivity contribution in [3.63, 3.8) is 0 Å². The van der Waals surface area contributed by atoms with Gasteiger partial charge in [0, 0.05) is 16.6 Å². The number of amides is 2. The largest absolute Gasteiger partial charge is 0.348 e. The summed E-state index contributed by atoms with van der Waals surface area (Å²) in [5.41, 5.74) is 2.52. The Kier molecular flexibility index (Phi) is 4.72. The molecule has 1 fully saturated rings. The average Bonchev–Trinajstić information content (AvgIpc) is 3.15. The second-order valence-electron chi connectivity index (χ2n) is 6.53.